The minimum absolute atomic E-state index is 0.294. The first kappa shape index (κ1) is 15.1. The van der Waals surface area contributed by atoms with Crippen molar-refractivity contribution in [2.75, 3.05) is 5.32 Å². The molecular weight excluding hydrogens is 256 g/mol. The Kier molecular flexibility index (Phi) is 4.97. The topological polar surface area (TPSA) is 66.4 Å². The predicted octanol–water partition coefficient (Wildman–Crippen LogP) is 3.04. The second kappa shape index (κ2) is 6.26. The van der Waals surface area contributed by atoms with Crippen molar-refractivity contribution in [2.45, 2.75) is 26.7 Å². The monoisotopic (exact) mass is 271 g/mol. The highest BCUT2D eigenvalue weighted by atomic mass is 19.1. The molecule has 0 aliphatic heterocycles. The number of anilines is 1. The largest absolute Gasteiger partial charge is 0.478 e. The molecule has 0 saturated carbocycles. The van der Waals surface area contributed by atoms with Crippen LogP contribution in [0.4, 0.5) is 14.5 Å². The van der Waals surface area contributed by atoms with Crippen molar-refractivity contribution < 1.29 is 23.5 Å². The number of carbonyl (C=O) groups excluding carboxylic acids is 1. The highest BCUT2D eigenvalue weighted by Crippen LogP contribution is 2.21. The number of carbonyl (C=O) groups is 2. The van der Waals surface area contributed by atoms with Crippen LogP contribution in [-0.4, -0.2) is 17.0 Å². The third-order valence-electron chi connectivity index (χ3n) is 2.90. The van der Waals surface area contributed by atoms with Crippen LogP contribution >= 0.6 is 0 Å². The number of nitrogens with one attached hydrogen (secondary N) is 1. The van der Waals surface area contributed by atoms with Gasteiger partial charge in [0.25, 0.3) is 0 Å². The van der Waals surface area contributed by atoms with Crippen molar-refractivity contribution in [2.24, 2.45) is 5.92 Å². The van der Waals surface area contributed by atoms with Gasteiger partial charge in [-0.25, -0.2) is 13.6 Å². The molecule has 6 heteroatoms. The van der Waals surface area contributed by atoms with E-state index in [2.05, 4.69) is 5.32 Å². The van der Waals surface area contributed by atoms with Crippen LogP contribution in [0.25, 0.3) is 0 Å². The molecule has 1 amide bonds. The van der Waals surface area contributed by atoms with Crippen molar-refractivity contribution in [1.29, 1.82) is 0 Å². The van der Waals surface area contributed by atoms with Crippen LogP contribution < -0.4 is 5.32 Å². The summed E-state index contributed by atoms with van der Waals surface area (Å²) in [6.07, 6.45) is 1.16. The van der Waals surface area contributed by atoms with Gasteiger partial charge in [-0.1, -0.05) is 13.8 Å². The number of carboxylic acids is 1. The Balaban J connectivity index is 3.04. The Hall–Kier alpha value is -1.98. The number of aromatic carboxylic acids is 1. The van der Waals surface area contributed by atoms with Crippen LogP contribution in [0.15, 0.2) is 12.1 Å². The van der Waals surface area contributed by atoms with E-state index in [-0.39, 0.29) is 11.6 Å². The maximum atomic E-state index is 13.5. The highest BCUT2D eigenvalue weighted by molar-refractivity contribution is 5.95. The summed E-state index contributed by atoms with van der Waals surface area (Å²) in [4.78, 5) is 22.5. The lowest BCUT2D eigenvalue weighted by atomic mass is 10.0. The standard InChI is InChI=1S/C13H15F2NO3/c1-3-7(4-2)12(17)16-11-5-8(13(18)19)9(14)6-10(11)15/h5-7H,3-4H2,1-2H3,(H,16,17)(H,18,19). The third-order valence-corrected chi connectivity index (χ3v) is 2.90. The van der Waals surface area contributed by atoms with Gasteiger partial charge in [0.1, 0.15) is 11.6 Å². The number of halogens is 2. The molecule has 0 aliphatic carbocycles. The SMILES string of the molecule is CCC(CC)C(=O)Nc1cc(C(=O)O)c(F)cc1F. The second-order valence-electron chi connectivity index (χ2n) is 4.12. The van der Waals surface area contributed by atoms with E-state index in [4.69, 9.17) is 5.11 Å². The Bertz CT molecular complexity index is 499. The highest BCUT2D eigenvalue weighted by Gasteiger charge is 2.19. The quantitative estimate of drug-likeness (QED) is 0.865. The Morgan fingerprint density at radius 2 is 1.79 bits per heavy atom. The van der Waals surface area contributed by atoms with Gasteiger partial charge in [-0.05, 0) is 18.9 Å². The van der Waals surface area contributed by atoms with Crippen molar-refractivity contribution in [3.05, 3.63) is 29.3 Å². The fraction of sp³-hybridized carbons (Fsp3) is 0.385. The fourth-order valence-corrected chi connectivity index (χ4v) is 1.70. The van der Waals surface area contributed by atoms with Crippen molar-refractivity contribution in [3.63, 3.8) is 0 Å². The molecule has 19 heavy (non-hydrogen) atoms. The average molecular weight is 271 g/mol. The lowest BCUT2D eigenvalue weighted by Gasteiger charge is -2.13. The zero-order valence-corrected chi connectivity index (χ0v) is 10.7. The zero-order valence-electron chi connectivity index (χ0n) is 10.7. The second-order valence-corrected chi connectivity index (χ2v) is 4.12. The van der Waals surface area contributed by atoms with Crippen molar-refractivity contribution in [3.8, 4) is 0 Å². The van der Waals surface area contributed by atoms with Gasteiger partial charge < -0.3 is 10.4 Å². The van der Waals surface area contributed by atoms with E-state index >= 15 is 0 Å². The van der Waals surface area contributed by atoms with E-state index in [1.165, 1.54) is 0 Å². The minimum atomic E-state index is -1.52. The maximum Gasteiger partial charge on any atom is 0.338 e. The Labute approximate surface area is 109 Å². The first-order chi connectivity index (χ1) is 8.90. The molecular formula is C13H15F2NO3. The molecule has 0 bridgehead atoms. The van der Waals surface area contributed by atoms with Gasteiger partial charge in [-0.15, -0.1) is 0 Å². The molecule has 0 fully saturated rings. The first-order valence-corrected chi connectivity index (χ1v) is 5.93. The third kappa shape index (κ3) is 3.49. The van der Waals surface area contributed by atoms with E-state index < -0.39 is 29.1 Å². The summed E-state index contributed by atoms with van der Waals surface area (Å²) in [5.74, 6) is -4.40. The molecule has 0 aromatic heterocycles. The van der Waals surface area contributed by atoms with E-state index in [1.807, 2.05) is 13.8 Å². The Morgan fingerprint density at radius 3 is 2.26 bits per heavy atom. The Morgan fingerprint density at radius 1 is 1.21 bits per heavy atom. The molecule has 1 aromatic carbocycles. The molecule has 1 rings (SSSR count). The number of rotatable bonds is 5. The molecule has 4 nitrogen and oxygen atoms in total. The first-order valence-electron chi connectivity index (χ1n) is 5.93. The van der Waals surface area contributed by atoms with Crippen LogP contribution in [-0.2, 0) is 4.79 Å². The maximum absolute atomic E-state index is 13.5. The van der Waals surface area contributed by atoms with Crippen molar-refractivity contribution >= 4 is 17.6 Å². The molecule has 0 spiro atoms. The number of carboxylic acid groups (broad SMARTS) is 1. The summed E-state index contributed by atoms with van der Waals surface area (Å²) in [5.41, 5.74) is -1.00. The van der Waals surface area contributed by atoms with Gasteiger partial charge in [0.05, 0.1) is 11.3 Å². The minimum Gasteiger partial charge on any atom is -0.478 e. The molecule has 104 valence electrons. The molecule has 1 aromatic rings. The van der Waals surface area contributed by atoms with Crippen LogP contribution in [0.3, 0.4) is 0 Å². The van der Waals surface area contributed by atoms with Gasteiger partial charge in [0.2, 0.25) is 5.91 Å². The number of benzene rings is 1. The van der Waals surface area contributed by atoms with Gasteiger partial charge in [0.15, 0.2) is 0 Å². The number of amides is 1. The summed E-state index contributed by atoms with van der Waals surface area (Å²) >= 11 is 0. The normalized spacial score (nSPS) is 10.6. The van der Waals surface area contributed by atoms with Crippen molar-refractivity contribution in [1.82, 2.24) is 0 Å². The summed E-state index contributed by atoms with van der Waals surface area (Å²) < 4.78 is 26.7. The zero-order chi connectivity index (χ0) is 14.6. The number of hydrogen-bond acceptors (Lipinski definition) is 2. The summed E-state index contributed by atoms with van der Waals surface area (Å²) in [6, 6.07) is 1.24. The van der Waals surface area contributed by atoms with Gasteiger partial charge in [-0.2, -0.15) is 0 Å². The molecule has 0 aliphatic rings. The van der Waals surface area contributed by atoms with E-state index in [1.54, 1.807) is 0 Å². The van der Waals surface area contributed by atoms with Crippen LogP contribution in [0, 0.1) is 17.6 Å². The fourth-order valence-electron chi connectivity index (χ4n) is 1.70. The van der Waals surface area contributed by atoms with Gasteiger partial charge in [0, 0.05) is 12.0 Å². The molecule has 0 radical (unpaired) electrons. The molecule has 0 atom stereocenters. The van der Waals surface area contributed by atoms with Gasteiger partial charge >= 0.3 is 5.97 Å². The van der Waals surface area contributed by atoms with E-state index in [0.29, 0.717) is 18.9 Å². The summed E-state index contributed by atoms with van der Waals surface area (Å²) in [5, 5.41) is 11.0. The smallest absolute Gasteiger partial charge is 0.338 e. The lowest BCUT2D eigenvalue weighted by Crippen LogP contribution is -2.22. The molecule has 2 N–H and O–H groups in total. The van der Waals surface area contributed by atoms with E-state index in [9.17, 15) is 18.4 Å². The summed E-state index contributed by atoms with van der Waals surface area (Å²) in [6.45, 7) is 3.63. The van der Waals surface area contributed by atoms with Crippen LogP contribution in [0.5, 0.6) is 0 Å². The van der Waals surface area contributed by atoms with Crippen LogP contribution in [0.1, 0.15) is 37.0 Å². The molecule has 0 unspecified atom stereocenters. The molecule has 0 heterocycles. The average Bonchev–Trinajstić information content (AvgIpc) is 2.33. The molecule has 0 saturated heterocycles. The van der Waals surface area contributed by atoms with Gasteiger partial charge in [-0.3, -0.25) is 4.79 Å². The predicted molar refractivity (Wildman–Crippen MR) is 66.0 cm³/mol. The number of hydrogen-bond donors (Lipinski definition) is 2. The van der Waals surface area contributed by atoms with E-state index in [0.717, 1.165) is 6.07 Å². The summed E-state index contributed by atoms with van der Waals surface area (Å²) in [7, 11) is 0. The van der Waals surface area contributed by atoms with Crippen LogP contribution in [0.2, 0.25) is 0 Å². The lowest BCUT2D eigenvalue weighted by molar-refractivity contribution is -0.120.